The van der Waals surface area contributed by atoms with E-state index in [0.717, 1.165) is 7.05 Å². The first-order chi connectivity index (χ1) is 8.58. The summed E-state index contributed by atoms with van der Waals surface area (Å²) in [5.74, 6) is 0. The van der Waals surface area contributed by atoms with Crippen molar-refractivity contribution in [1.82, 2.24) is 8.87 Å². The summed E-state index contributed by atoms with van der Waals surface area (Å²) in [5.41, 5.74) is 0.364. The van der Waals surface area contributed by atoms with Crippen LogP contribution in [0.25, 0.3) is 0 Å². The van der Waals surface area contributed by atoms with Gasteiger partial charge in [-0.15, -0.1) is 0 Å². The molecule has 1 aromatic heterocycles. The van der Waals surface area contributed by atoms with Crippen molar-refractivity contribution < 1.29 is 26.7 Å². The second kappa shape index (κ2) is 5.51. The average molecular weight is 300 g/mol. The maximum absolute atomic E-state index is 12.1. The number of rotatable bonds is 5. The van der Waals surface area contributed by atoms with Crippen molar-refractivity contribution >= 4 is 10.0 Å². The zero-order valence-corrected chi connectivity index (χ0v) is 11.3. The lowest BCUT2D eigenvalue weighted by molar-refractivity contribution is -0.135. The molecule has 0 aliphatic carbocycles. The molecule has 0 radical (unpaired) electrons. The van der Waals surface area contributed by atoms with E-state index in [1.165, 1.54) is 16.8 Å². The number of alkyl halides is 3. The molecule has 0 saturated heterocycles. The quantitative estimate of drug-likeness (QED) is 0.885. The highest BCUT2D eigenvalue weighted by Gasteiger charge is 2.30. The Morgan fingerprint density at radius 1 is 1.42 bits per heavy atom. The summed E-state index contributed by atoms with van der Waals surface area (Å²) in [6, 6.07) is 1.24. The van der Waals surface area contributed by atoms with Crippen LogP contribution in [-0.2, 0) is 23.7 Å². The first-order valence-electron chi connectivity index (χ1n) is 5.37. The third kappa shape index (κ3) is 3.95. The van der Waals surface area contributed by atoms with Gasteiger partial charge in [0.1, 0.15) is 4.90 Å². The zero-order chi connectivity index (χ0) is 14.8. The van der Waals surface area contributed by atoms with Gasteiger partial charge in [-0.3, -0.25) is 0 Å². The van der Waals surface area contributed by atoms with Gasteiger partial charge in [0.25, 0.3) is 0 Å². The minimum Gasteiger partial charge on any atom is -0.390 e. The maximum atomic E-state index is 12.1. The van der Waals surface area contributed by atoms with Crippen LogP contribution in [0.2, 0.25) is 0 Å². The molecule has 0 bridgehead atoms. The molecular formula is C10H15F3N2O3S. The molecule has 110 valence electrons. The summed E-state index contributed by atoms with van der Waals surface area (Å²) < 4.78 is 62.3. The van der Waals surface area contributed by atoms with Gasteiger partial charge in [0.2, 0.25) is 10.0 Å². The first kappa shape index (κ1) is 16.0. The highest BCUT2D eigenvalue weighted by molar-refractivity contribution is 7.89. The van der Waals surface area contributed by atoms with Gasteiger partial charge in [-0.2, -0.15) is 13.2 Å². The van der Waals surface area contributed by atoms with Crippen LogP contribution in [0.5, 0.6) is 0 Å². The molecule has 9 heteroatoms. The number of halogens is 3. The Labute approximate surface area is 109 Å². The fourth-order valence-corrected chi connectivity index (χ4v) is 2.73. The molecule has 5 nitrogen and oxygen atoms in total. The molecule has 1 N–H and O–H groups in total. The Kier molecular flexibility index (Phi) is 4.64. The van der Waals surface area contributed by atoms with Crippen LogP contribution in [-0.4, -0.2) is 42.2 Å². The fraction of sp³-hybridized carbons (Fsp3) is 0.600. The largest absolute Gasteiger partial charge is 0.390 e. The van der Waals surface area contributed by atoms with E-state index in [-0.39, 0.29) is 11.5 Å². The predicted molar refractivity (Wildman–Crippen MR) is 61.8 cm³/mol. The summed E-state index contributed by atoms with van der Waals surface area (Å²) in [7, 11) is -1.34. The van der Waals surface area contributed by atoms with E-state index < -0.39 is 29.2 Å². The lowest BCUT2D eigenvalue weighted by Crippen LogP contribution is -2.30. The van der Waals surface area contributed by atoms with Gasteiger partial charge in [-0.05, 0) is 6.07 Å². The number of hydrogen-bond acceptors (Lipinski definition) is 3. The van der Waals surface area contributed by atoms with Crippen molar-refractivity contribution in [2.24, 2.45) is 7.05 Å². The van der Waals surface area contributed by atoms with Gasteiger partial charge in [0, 0.05) is 32.5 Å². The van der Waals surface area contributed by atoms with E-state index in [1.54, 1.807) is 7.05 Å². The molecule has 0 unspecified atom stereocenters. The van der Waals surface area contributed by atoms with E-state index in [0.29, 0.717) is 10.00 Å². The Morgan fingerprint density at radius 3 is 2.42 bits per heavy atom. The standard InChI is InChI=1S/C10H15F3N2O3S/c1-14-6-9(5-8(14)7-16)19(17,18)15(2)4-3-10(11,12)13/h5-6,16H,3-4,7H2,1-2H3. The molecule has 1 rings (SSSR count). The number of aryl methyl sites for hydroxylation is 1. The average Bonchev–Trinajstić information content (AvgIpc) is 2.66. The highest BCUT2D eigenvalue weighted by Crippen LogP contribution is 2.22. The summed E-state index contributed by atoms with van der Waals surface area (Å²) >= 11 is 0. The molecule has 0 aromatic carbocycles. The van der Waals surface area contributed by atoms with Crippen molar-refractivity contribution in [3.05, 3.63) is 18.0 Å². The van der Waals surface area contributed by atoms with Crippen molar-refractivity contribution in [2.75, 3.05) is 13.6 Å². The Bertz CT molecular complexity index is 537. The number of aromatic nitrogens is 1. The van der Waals surface area contributed by atoms with Gasteiger partial charge < -0.3 is 9.67 Å². The first-order valence-corrected chi connectivity index (χ1v) is 6.81. The van der Waals surface area contributed by atoms with E-state index in [1.807, 2.05) is 0 Å². The Balaban J connectivity index is 2.90. The Hall–Kier alpha value is -1.06. The second-order valence-electron chi connectivity index (χ2n) is 4.13. The van der Waals surface area contributed by atoms with Gasteiger partial charge in [0.05, 0.1) is 13.0 Å². The molecule has 0 atom stereocenters. The minimum atomic E-state index is -4.41. The van der Waals surface area contributed by atoms with Crippen LogP contribution in [0.15, 0.2) is 17.2 Å². The summed E-state index contributed by atoms with van der Waals surface area (Å²) in [4.78, 5) is -0.135. The third-order valence-electron chi connectivity index (χ3n) is 2.66. The zero-order valence-electron chi connectivity index (χ0n) is 10.5. The third-order valence-corrected chi connectivity index (χ3v) is 4.49. The van der Waals surface area contributed by atoms with Gasteiger partial charge in [0.15, 0.2) is 0 Å². The smallest absolute Gasteiger partial charge is 0.390 e. The predicted octanol–water partition coefficient (Wildman–Crippen LogP) is 1.09. The number of nitrogens with zero attached hydrogens (tertiary/aromatic N) is 2. The molecule has 0 fully saturated rings. The highest BCUT2D eigenvalue weighted by atomic mass is 32.2. The normalized spacial score (nSPS) is 13.2. The summed E-state index contributed by atoms with van der Waals surface area (Å²) in [6.45, 7) is -0.993. The lowest BCUT2D eigenvalue weighted by Gasteiger charge is -2.17. The topological polar surface area (TPSA) is 62.5 Å². The SMILES string of the molecule is CN(CCC(F)(F)F)S(=O)(=O)c1cc(CO)n(C)c1. The number of aliphatic hydroxyl groups is 1. The molecule has 0 saturated carbocycles. The van der Waals surface area contributed by atoms with Crippen molar-refractivity contribution in [3.63, 3.8) is 0 Å². The molecule has 0 amide bonds. The van der Waals surface area contributed by atoms with Crippen molar-refractivity contribution in [2.45, 2.75) is 24.1 Å². The number of hydrogen-bond donors (Lipinski definition) is 1. The number of aliphatic hydroxyl groups excluding tert-OH is 1. The van der Waals surface area contributed by atoms with Gasteiger partial charge in [-0.25, -0.2) is 12.7 Å². The van der Waals surface area contributed by atoms with E-state index in [2.05, 4.69) is 0 Å². The molecule has 19 heavy (non-hydrogen) atoms. The van der Waals surface area contributed by atoms with E-state index >= 15 is 0 Å². The van der Waals surface area contributed by atoms with E-state index in [9.17, 15) is 21.6 Å². The van der Waals surface area contributed by atoms with Gasteiger partial charge in [-0.1, -0.05) is 0 Å². The minimum absolute atomic E-state index is 0.135. The molecule has 1 heterocycles. The van der Waals surface area contributed by atoms with Crippen LogP contribution in [0.3, 0.4) is 0 Å². The fourth-order valence-electron chi connectivity index (χ4n) is 1.46. The van der Waals surface area contributed by atoms with Crippen LogP contribution in [0, 0.1) is 0 Å². The van der Waals surface area contributed by atoms with Crippen LogP contribution in [0.4, 0.5) is 13.2 Å². The maximum Gasteiger partial charge on any atom is 0.390 e. The lowest BCUT2D eigenvalue weighted by atomic mass is 10.4. The van der Waals surface area contributed by atoms with Crippen LogP contribution < -0.4 is 0 Å². The van der Waals surface area contributed by atoms with Gasteiger partial charge >= 0.3 is 6.18 Å². The molecule has 0 aliphatic rings. The van der Waals surface area contributed by atoms with Crippen molar-refractivity contribution in [3.8, 4) is 0 Å². The molecule has 0 aliphatic heterocycles. The summed E-state index contributed by atoms with van der Waals surface area (Å²) in [5, 5.41) is 8.97. The molecule has 0 spiro atoms. The molecular weight excluding hydrogens is 285 g/mol. The number of sulfonamides is 1. The second-order valence-corrected chi connectivity index (χ2v) is 6.17. The van der Waals surface area contributed by atoms with Crippen molar-refractivity contribution in [1.29, 1.82) is 0 Å². The van der Waals surface area contributed by atoms with E-state index in [4.69, 9.17) is 5.11 Å². The summed E-state index contributed by atoms with van der Waals surface area (Å²) in [6.07, 6.45) is -4.36. The molecule has 1 aromatic rings. The Morgan fingerprint density at radius 2 is 2.00 bits per heavy atom. The van der Waals surface area contributed by atoms with Crippen LogP contribution in [0.1, 0.15) is 12.1 Å². The monoisotopic (exact) mass is 300 g/mol. The van der Waals surface area contributed by atoms with Crippen LogP contribution >= 0.6 is 0 Å².